The topological polar surface area (TPSA) is 32.3 Å². The quantitative estimate of drug-likeness (QED) is 0.780. The summed E-state index contributed by atoms with van der Waals surface area (Å²) in [5, 5.41) is 12.6. The minimum Gasteiger partial charge on any atom is -0.396 e. The molecule has 0 bridgehead atoms. The third-order valence-electron chi connectivity index (χ3n) is 3.46. The molecule has 0 unspecified atom stereocenters. The first kappa shape index (κ1) is 12.3. The average Bonchev–Trinajstić information content (AvgIpc) is 2.76. The number of aliphatic hydroxyl groups is 1. The van der Waals surface area contributed by atoms with E-state index in [-0.39, 0.29) is 6.61 Å². The number of nitrogens with one attached hydrogen (secondary N) is 1. The molecule has 92 valence electrons. The molecule has 2 nitrogen and oxygen atoms in total. The van der Waals surface area contributed by atoms with Crippen molar-refractivity contribution in [2.45, 2.75) is 32.9 Å². The molecular formula is C15H21NO. The van der Waals surface area contributed by atoms with Crippen LogP contribution in [0.25, 0.3) is 0 Å². The highest BCUT2D eigenvalue weighted by Crippen LogP contribution is 2.18. The van der Waals surface area contributed by atoms with Gasteiger partial charge in [-0.1, -0.05) is 35.9 Å². The summed E-state index contributed by atoms with van der Waals surface area (Å²) in [4.78, 5) is 0. The van der Waals surface area contributed by atoms with Gasteiger partial charge >= 0.3 is 0 Å². The van der Waals surface area contributed by atoms with E-state index in [0.717, 1.165) is 13.0 Å². The molecular weight excluding hydrogens is 210 g/mol. The van der Waals surface area contributed by atoms with Gasteiger partial charge in [0.2, 0.25) is 0 Å². The smallest absolute Gasteiger partial charge is 0.0494 e. The molecule has 2 atom stereocenters. The van der Waals surface area contributed by atoms with Crippen molar-refractivity contribution >= 4 is 0 Å². The molecule has 0 saturated heterocycles. The second-order valence-electron chi connectivity index (χ2n) is 4.98. The van der Waals surface area contributed by atoms with E-state index in [9.17, 15) is 0 Å². The predicted octanol–water partition coefficient (Wildman–Crippen LogP) is 2.33. The molecule has 1 aromatic rings. The monoisotopic (exact) mass is 231 g/mol. The maximum Gasteiger partial charge on any atom is 0.0494 e. The molecule has 17 heavy (non-hydrogen) atoms. The van der Waals surface area contributed by atoms with Gasteiger partial charge in [-0.05, 0) is 31.4 Å². The molecule has 2 rings (SSSR count). The van der Waals surface area contributed by atoms with Gasteiger partial charge in [0.25, 0.3) is 0 Å². The number of benzene rings is 1. The first-order valence-electron chi connectivity index (χ1n) is 6.27. The van der Waals surface area contributed by atoms with Gasteiger partial charge < -0.3 is 10.4 Å². The van der Waals surface area contributed by atoms with Crippen molar-refractivity contribution in [2.24, 2.45) is 5.92 Å². The number of rotatable bonds is 4. The molecule has 1 aromatic carbocycles. The van der Waals surface area contributed by atoms with Crippen molar-refractivity contribution in [3.8, 4) is 0 Å². The lowest BCUT2D eigenvalue weighted by molar-refractivity contribution is 0.246. The van der Waals surface area contributed by atoms with Gasteiger partial charge in [0.15, 0.2) is 0 Å². The van der Waals surface area contributed by atoms with Crippen LogP contribution in [0.15, 0.2) is 30.4 Å². The van der Waals surface area contributed by atoms with Crippen molar-refractivity contribution in [2.75, 3.05) is 6.61 Å². The van der Waals surface area contributed by atoms with Crippen LogP contribution >= 0.6 is 0 Å². The number of aryl methyl sites for hydroxylation is 2. The van der Waals surface area contributed by atoms with E-state index < -0.39 is 0 Å². The molecule has 1 aliphatic carbocycles. The number of aliphatic hydroxyl groups excluding tert-OH is 1. The summed E-state index contributed by atoms with van der Waals surface area (Å²) in [6.45, 7) is 5.44. The zero-order valence-corrected chi connectivity index (χ0v) is 10.6. The van der Waals surface area contributed by atoms with Gasteiger partial charge in [0, 0.05) is 25.1 Å². The van der Waals surface area contributed by atoms with Crippen LogP contribution < -0.4 is 5.32 Å². The predicted molar refractivity (Wildman–Crippen MR) is 70.9 cm³/mol. The molecule has 0 aromatic heterocycles. The van der Waals surface area contributed by atoms with Crippen LogP contribution in [0.2, 0.25) is 0 Å². The van der Waals surface area contributed by atoms with Crippen molar-refractivity contribution in [3.63, 3.8) is 0 Å². The molecule has 0 amide bonds. The van der Waals surface area contributed by atoms with Crippen LogP contribution in [0.1, 0.15) is 23.1 Å². The van der Waals surface area contributed by atoms with Gasteiger partial charge in [0.1, 0.15) is 0 Å². The molecule has 0 heterocycles. The second kappa shape index (κ2) is 5.48. The molecule has 2 N–H and O–H groups in total. The Hall–Kier alpha value is -1.12. The SMILES string of the molecule is Cc1ccc(CN[C@@H]2C=C[C@H](CO)C2)c(C)c1. The zero-order chi connectivity index (χ0) is 12.3. The van der Waals surface area contributed by atoms with Crippen molar-refractivity contribution in [3.05, 3.63) is 47.0 Å². The molecule has 0 spiro atoms. The fourth-order valence-corrected chi connectivity index (χ4v) is 2.35. The van der Waals surface area contributed by atoms with E-state index in [4.69, 9.17) is 5.11 Å². The third kappa shape index (κ3) is 3.18. The van der Waals surface area contributed by atoms with Crippen LogP contribution in [0.5, 0.6) is 0 Å². The Morgan fingerprint density at radius 3 is 2.76 bits per heavy atom. The lowest BCUT2D eigenvalue weighted by Gasteiger charge is -2.14. The molecule has 0 radical (unpaired) electrons. The first-order valence-corrected chi connectivity index (χ1v) is 6.27. The van der Waals surface area contributed by atoms with Crippen molar-refractivity contribution < 1.29 is 5.11 Å². The van der Waals surface area contributed by atoms with Crippen molar-refractivity contribution in [1.29, 1.82) is 0 Å². The van der Waals surface area contributed by atoms with Crippen LogP contribution in [0.4, 0.5) is 0 Å². The average molecular weight is 231 g/mol. The van der Waals surface area contributed by atoms with E-state index in [2.05, 4.69) is 49.5 Å². The van der Waals surface area contributed by atoms with E-state index in [1.54, 1.807) is 0 Å². The van der Waals surface area contributed by atoms with E-state index >= 15 is 0 Å². The lowest BCUT2D eigenvalue weighted by atomic mass is 10.0. The van der Waals surface area contributed by atoms with E-state index in [0.29, 0.717) is 12.0 Å². The fourth-order valence-electron chi connectivity index (χ4n) is 2.35. The summed E-state index contributed by atoms with van der Waals surface area (Å²) in [5.41, 5.74) is 4.02. The molecule has 0 fully saturated rings. The Morgan fingerprint density at radius 2 is 2.12 bits per heavy atom. The second-order valence-corrected chi connectivity index (χ2v) is 4.98. The fraction of sp³-hybridized carbons (Fsp3) is 0.467. The Balaban J connectivity index is 1.88. The normalized spacial score (nSPS) is 23.2. The number of hydrogen-bond acceptors (Lipinski definition) is 2. The van der Waals surface area contributed by atoms with Gasteiger partial charge in [-0.2, -0.15) is 0 Å². The van der Waals surface area contributed by atoms with Crippen LogP contribution in [0.3, 0.4) is 0 Å². The summed E-state index contributed by atoms with van der Waals surface area (Å²) < 4.78 is 0. The van der Waals surface area contributed by atoms with E-state index in [1.807, 2.05) is 0 Å². The van der Waals surface area contributed by atoms with Crippen LogP contribution in [-0.4, -0.2) is 17.8 Å². The highest BCUT2D eigenvalue weighted by molar-refractivity contribution is 5.30. The summed E-state index contributed by atoms with van der Waals surface area (Å²) in [7, 11) is 0. The first-order chi connectivity index (χ1) is 8.19. The van der Waals surface area contributed by atoms with Crippen molar-refractivity contribution in [1.82, 2.24) is 5.32 Å². The molecule has 1 aliphatic rings. The van der Waals surface area contributed by atoms with Gasteiger partial charge in [-0.15, -0.1) is 0 Å². The lowest BCUT2D eigenvalue weighted by Crippen LogP contribution is -2.26. The van der Waals surface area contributed by atoms with Crippen LogP contribution in [-0.2, 0) is 6.54 Å². The largest absolute Gasteiger partial charge is 0.396 e. The standard InChI is InChI=1S/C15H21NO/c1-11-3-5-14(12(2)7-11)9-16-15-6-4-13(8-15)10-17/h3-7,13,15-17H,8-10H2,1-2H3/t13-,15+/m0/s1. The maximum atomic E-state index is 9.06. The molecule has 0 saturated carbocycles. The highest BCUT2D eigenvalue weighted by atomic mass is 16.3. The highest BCUT2D eigenvalue weighted by Gasteiger charge is 2.17. The Bertz CT molecular complexity index is 411. The zero-order valence-electron chi connectivity index (χ0n) is 10.6. The van der Waals surface area contributed by atoms with Crippen LogP contribution in [0, 0.1) is 19.8 Å². The maximum absolute atomic E-state index is 9.06. The molecule has 2 heteroatoms. The van der Waals surface area contributed by atoms with Gasteiger partial charge in [0.05, 0.1) is 0 Å². The Morgan fingerprint density at radius 1 is 1.29 bits per heavy atom. The Kier molecular flexibility index (Phi) is 3.97. The summed E-state index contributed by atoms with van der Waals surface area (Å²) >= 11 is 0. The van der Waals surface area contributed by atoms with Gasteiger partial charge in [-0.3, -0.25) is 0 Å². The summed E-state index contributed by atoms with van der Waals surface area (Å²) in [6, 6.07) is 6.98. The minimum atomic E-state index is 0.262. The van der Waals surface area contributed by atoms with E-state index in [1.165, 1.54) is 16.7 Å². The molecule has 0 aliphatic heterocycles. The summed E-state index contributed by atoms with van der Waals surface area (Å²) in [5.74, 6) is 0.339. The minimum absolute atomic E-state index is 0.262. The Labute approximate surface area is 103 Å². The summed E-state index contributed by atoms with van der Waals surface area (Å²) in [6.07, 6.45) is 5.30. The third-order valence-corrected chi connectivity index (χ3v) is 3.46. The number of hydrogen-bond donors (Lipinski definition) is 2. The van der Waals surface area contributed by atoms with Gasteiger partial charge in [-0.25, -0.2) is 0 Å².